The van der Waals surface area contributed by atoms with Gasteiger partial charge in [0.25, 0.3) is 0 Å². The van der Waals surface area contributed by atoms with Crippen molar-refractivity contribution in [2.24, 2.45) is 4.99 Å². The van der Waals surface area contributed by atoms with Gasteiger partial charge in [-0.25, -0.2) is 0 Å². The number of hydrogen-bond donors (Lipinski definition) is 1. The third kappa shape index (κ3) is 3.37. The molecular weight excluding hydrogens is 140 g/mol. The fourth-order valence-electron chi connectivity index (χ4n) is 1.19. The molecule has 1 aliphatic heterocycles. The smallest absolute Gasteiger partial charge is 0.0851 e. The maximum atomic E-state index is 8.52. The van der Waals surface area contributed by atoms with E-state index in [1.807, 2.05) is 6.34 Å². The average Bonchev–Trinajstić information content (AvgIpc) is 2.50. The minimum atomic E-state index is 0.327. The summed E-state index contributed by atoms with van der Waals surface area (Å²) in [6, 6.07) is 0. The van der Waals surface area contributed by atoms with Crippen LogP contribution >= 0.6 is 0 Å². The van der Waals surface area contributed by atoms with Crippen LogP contribution in [0.2, 0.25) is 0 Å². The van der Waals surface area contributed by atoms with Gasteiger partial charge in [-0.2, -0.15) is 0 Å². The van der Waals surface area contributed by atoms with Crippen LogP contribution in [0.4, 0.5) is 0 Å². The van der Waals surface area contributed by atoms with E-state index < -0.39 is 0 Å². The van der Waals surface area contributed by atoms with Crippen molar-refractivity contribution < 1.29 is 5.11 Å². The highest BCUT2D eigenvalue weighted by molar-refractivity contribution is 5.56. The number of aliphatic hydroxyl groups is 1. The molecule has 0 atom stereocenters. The van der Waals surface area contributed by atoms with Crippen molar-refractivity contribution in [1.29, 1.82) is 0 Å². The van der Waals surface area contributed by atoms with E-state index in [1.165, 1.54) is 6.42 Å². The summed E-state index contributed by atoms with van der Waals surface area (Å²) in [7, 11) is 0. The third-order valence-electron chi connectivity index (χ3n) is 1.86. The molecule has 1 rings (SSSR count). The summed E-state index contributed by atoms with van der Waals surface area (Å²) in [6.45, 7) is 3.47. The summed E-state index contributed by atoms with van der Waals surface area (Å²) in [5.74, 6) is 0. The molecular formula is C8H16N2O. The minimum Gasteiger partial charge on any atom is -0.396 e. The van der Waals surface area contributed by atoms with Gasteiger partial charge in [0.15, 0.2) is 0 Å². The lowest BCUT2D eigenvalue weighted by atomic mass is 10.2. The molecule has 0 radical (unpaired) electrons. The van der Waals surface area contributed by atoms with Gasteiger partial charge in [0, 0.05) is 19.7 Å². The van der Waals surface area contributed by atoms with Crippen molar-refractivity contribution in [1.82, 2.24) is 4.90 Å². The molecule has 0 spiro atoms. The Morgan fingerprint density at radius 3 is 2.91 bits per heavy atom. The molecule has 0 saturated carbocycles. The van der Waals surface area contributed by atoms with Gasteiger partial charge in [0.2, 0.25) is 0 Å². The zero-order chi connectivity index (χ0) is 7.94. The van der Waals surface area contributed by atoms with Crippen LogP contribution in [0.15, 0.2) is 4.99 Å². The summed E-state index contributed by atoms with van der Waals surface area (Å²) >= 11 is 0. The molecule has 0 saturated heterocycles. The van der Waals surface area contributed by atoms with Crippen LogP contribution in [0.5, 0.6) is 0 Å². The summed E-state index contributed by atoms with van der Waals surface area (Å²) in [4.78, 5) is 6.35. The monoisotopic (exact) mass is 156 g/mol. The molecule has 1 heterocycles. The first-order chi connectivity index (χ1) is 5.43. The third-order valence-corrected chi connectivity index (χ3v) is 1.86. The molecule has 1 aliphatic rings. The van der Waals surface area contributed by atoms with Crippen molar-refractivity contribution in [3.8, 4) is 0 Å². The van der Waals surface area contributed by atoms with Crippen LogP contribution in [-0.4, -0.2) is 42.6 Å². The van der Waals surface area contributed by atoms with E-state index in [-0.39, 0.29) is 0 Å². The molecule has 0 amide bonds. The van der Waals surface area contributed by atoms with Crippen LogP contribution < -0.4 is 0 Å². The highest BCUT2D eigenvalue weighted by atomic mass is 16.2. The lowest BCUT2D eigenvalue weighted by Gasteiger charge is -2.12. The van der Waals surface area contributed by atoms with Crippen molar-refractivity contribution in [2.75, 3.05) is 26.2 Å². The predicted molar refractivity (Wildman–Crippen MR) is 45.9 cm³/mol. The van der Waals surface area contributed by atoms with Gasteiger partial charge in [-0.05, 0) is 19.3 Å². The van der Waals surface area contributed by atoms with E-state index in [2.05, 4.69) is 9.89 Å². The van der Waals surface area contributed by atoms with Crippen LogP contribution in [0.25, 0.3) is 0 Å². The van der Waals surface area contributed by atoms with Gasteiger partial charge < -0.3 is 10.0 Å². The fourth-order valence-corrected chi connectivity index (χ4v) is 1.19. The van der Waals surface area contributed by atoms with Gasteiger partial charge in [-0.1, -0.05) is 0 Å². The first kappa shape index (κ1) is 8.53. The highest BCUT2D eigenvalue weighted by Crippen LogP contribution is 1.99. The average molecular weight is 156 g/mol. The first-order valence-corrected chi connectivity index (χ1v) is 4.28. The SMILES string of the molecule is OCCCCCN1C=NCC1. The second kappa shape index (κ2) is 5.13. The Morgan fingerprint density at radius 1 is 1.36 bits per heavy atom. The minimum absolute atomic E-state index is 0.327. The van der Waals surface area contributed by atoms with Gasteiger partial charge in [-0.3, -0.25) is 4.99 Å². The molecule has 0 aliphatic carbocycles. The standard InChI is InChI=1S/C8H16N2O/c11-7-3-1-2-5-10-6-4-9-8-10/h8,11H,1-7H2. The van der Waals surface area contributed by atoms with E-state index in [4.69, 9.17) is 5.11 Å². The molecule has 0 fully saturated rings. The summed E-state index contributed by atoms with van der Waals surface area (Å²) in [6.07, 6.45) is 5.16. The number of unbranched alkanes of at least 4 members (excludes halogenated alkanes) is 2. The van der Waals surface area contributed by atoms with Gasteiger partial charge >= 0.3 is 0 Å². The molecule has 0 aromatic heterocycles. The Morgan fingerprint density at radius 2 is 2.27 bits per heavy atom. The second-order valence-corrected chi connectivity index (χ2v) is 2.84. The van der Waals surface area contributed by atoms with E-state index >= 15 is 0 Å². The lowest BCUT2D eigenvalue weighted by Crippen LogP contribution is -2.20. The number of hydrogen-bond acceptors (Lipinski definition) is 3. The Kier molecular flexibility index (Phi) is 3.98. The zero-order valence-corrected chi connectivity index (χ0v) is 6.87. The molecule has 0 aromatic carbocycles. The molecule has 11 heavy (non-hydrogen) atoms. The van der Waals surface area contributed by atoms with E-state index in [9.17, 15) is 0 Å². The zero-order valence-electron chi connectivity index (χ0n) is 6.87. The predicted octanol–water partition coefficient (Wildman–Crippen LogP) is 0.493. The number of aliphatic hydroxyl groups excluding tert-OH is 1. The summed E-state index contributed by atoms with van der Waals surface area (Å²) in [5.41, 5.74) is 0. The lowest BCUT2D eigenvalue weighted by molar-refractivity contribution is 0.280. The van der Waals surface area contributed by atoms with Crippen LogP contribution in [0.1, 0.15) is 19.3 Å². The maximum Gasteiger partial charge on any atom is 0.0851 e. The molecule has 1 N–H and O–H groups in total. The fraction of sp³-hybridized carbons (Fsp3) is 0.875. The molecule has 3 heteroatoms. The Balaban J connectivity index is 1.90. The molecule has 64 valence electrons. The van der Waals surface area contributed by atoms with Gasteiger partial charge in [0.1, 0.15) is 0 Å². The van der Waals surface area contributed by atoms with Crippen LogP contribution in [0.3, 0.4) is 0 Å². The number of nitrogens with zero attached hydrogens (tertiary/aromatic N) is 2. The molecule has 0 aromatic rings. The Bertz CT molecular complexity index is 125. The van der Waals surface area contributed by atoms with Gasteiger partial charge in [0.05, 0.1) is 12.9 Å². The number of rotatable bonds is 5. The molecule has 0 bridgehead atoms. The highest BCUT2D eigenvalue weighted by Gasteiger charge is 2.02. The first-order valence-electron chi connectivity index (χ1n) is 4.28. The van der Waals surface area contributed by atoms with Gasteiger partial charge in [-0.15, -0.1) is 0 Å². The topological polar surface area (TPSA) is 35.8 Å². The normalized spacial score (nSPS) is 16.3. The summed E-state index contributed by atoms with van der Waals surface area (Å²) < 4.78 is 0. The van der Waals surface area contributed by atoms with Crippen molar-refractivity contribution in [2.45, 2.75) is 19.3 Å². The van der Waals surface area contributed by atoms with Crippen molar-refractivity contribution >= 4 is 6.34 Å². The second-order valence-electron chi connectivity index (χ2n) is 2.84. The molecule has 0 unspecified atom stereocenters. The van der Waals surface area contributed by atoms with E-state index in [1.54, 1.807) is 0 Å². The van der Waals surface area contributed by atoms with E-state index in [0.717, 1.165) is 32.5 Å². The maximum absolute atomic E-state index is 8.52. The van der Waals surface area contributed by atoms with E-state index in [0.29, 0.717) is 6.61 Å². The number of aliphatic imine (C=N–C) groups is 1. The Labute approximate surface area is 67.7 Å². The van der Waals surface area contributed by atoms with Crippen molar-refractivity contribution in [3.63, 3.8) is 0 Å². The van der Waals surface area contributed by atoms with Crippen LogP contribution in [0, 0.1) is 0 Å². The van der Waals surface area contributed by atoms with Crippen molar-refractivity contribution in [3.05, 3.63) is 0 Å². The largest absolute Gasteiger partial charge is 0.396 e. The summed E-state index contributed by atoms with van der Waals surface area (Å²) in [5, 5.41) is 8.52. The quantitative estimate of drug-likeness (QED) is 0.588. The van der Waals surface area contributed by atoms with Crippen LogP contribution in [-0.2, 0) is 0 Å². The Hall–Kier alpha value is -0.570. The molecule has 3 nitrogen and oxygen atoms in total.